The first-order valence-corrected chi connectivity index (χ1v) is 3.87. The van der Waals surface area contributed by atoms with Crippen molar-refractivity contribution in [3.8, 4) is 0 Å². The van der Waals surface area contributed by atoms with E-state index in [9.17, 15) is 9.59 Å². The van der Waals surface area contributed by atoms with Gasteiger partial charge in [0.1, 0.15) is 11.6 Å². The number of carbonyl (C=O) groups excluding carboxylic acids is 2. The summed E-state index contributed by atoms with van der Waals surface area (Å²) < 4.78 is 0. The number of Topliss-reactive ketones (excluding diaryl/α,β-unsaturated/α-hetero) is 2. The first-order valence-electron chi connectivity index (χ1n) is 3.87. The van der Waals surface area contributed by atoms with Crippen LogP contribution in [0.25, 0.3) is 0 Å². The Hall–Kier alpha value is -0.660. The molecular weight excluding hydrogens is 140 g/mol. The third-order valence-corrected chi connectivity index (χ3v) is 3.28. The zero-order valence-corrected chi connectivity index (χ0v) is 7.52. The van der Waals surface area contributed by atoms with Crippen LogP contribution in [0.2, 0.25) is 0 Å². The summed E-state index contributed by atoms with van der Waals surface area (Å²) in [4.78, 5) is 22.6. The highest BCUT2D eigenvalue weighted by Gasteiger charge is 2.53. The summed E-state index contributed by atoms with van der Waals surface area (Å²) in [6.07, 6.45) is 0.125. The van der Waals surface area contributed by atoms with Crippen molar-refractivity contribution in [2.45, 2.75) is 34.1 Å². The molecule has 0 unspecified atom stereocenters. The van der Waals surface area contributed by atoms with Gasteiger partial charge in [0.15, 0.2) is 0 Å². The molecule has 2 nitrogen and oxygen atoms in total. The number of rotatable bonds is 0. The Morgan fingerprint density at radius 3 is 1.27 bits per heavy atom. The van der Waals surface area contributed by atoms with E-state index in [1.54, 1.807) is 0 Å². The van der Waals surface area contributed by atoms with Gasteiger partial charge in [-0.05, 0) is 0 Å². The topological polar surface area (TPSA) is 34.1 Å². The van der Waals surface area contributed by atoms with Crippen molar-refractivity contribution in [3.63, 3.8) is 0 Å². The molecule has 0 aromatic carbocycles. The van der Waals surface area contributed by atoms with E-state index in [0.717, 1.165) is 0 Å². The molecule has 0 bridgehead atoms. The van der Waals surface area contributed by atoms with E-state index >= 15 is 0 Å². The van der Waals surface area contributed by atoms with Crippen LogP contribution in [0.1, 0.15) is 34.1 Å². The van der Waals surface area contributed by atoms with E-state index < -0.39 is 10.8 Å². The second kappa shape index (κ2) is 1.93. The van der Waals surface area contributed by atoms with Gasteiger partial charge >= 0.3 is 0 Å². The van der Waals surface area contributed by atoms with Gasteiger partial charge in [-0.3, -0.25) is 9.59 Å². The minimum Gasteiger partial charge on any atom is -0.299 e. The van der Waals surface area contributed by atoms with Gasteiger partial charge in [0, 0.05) is 10.8 Å². The Morgan fingerprint density at radius 1 is 0.909 bits per heavy atom. The number of hydrogen-bond donors (Lipinski definition) is 0. The van der Waals surface area contributed by atoms with Gasteiger partial charge in [-0.25, -0.2) is 0 Å². The van der Waals surface area contributed by atoms with E-state index in [1.807, 2.05) is 27.7 Å². The normalized spacial score (nSPS) is 27.6. The molecule has 0 aromatic rings. The standard InChI is InChI=1S/C9H14O2/c1-8(2)6(10)5-7(11)9(8,3)4/h5H2,1-4H3. The van der Waals surface area contributed by atoms with Crippen molar-refractivity contribution in [1.29, 1.82) is 0 Å². The van der Waals surface area contributed by atoms with Crippen molar-refractivity contribution >= 4 is 11.6 Å². The highest BCUT2D eigenvalue weighted by molar-refractivity contribution is 6.12. The predicted molar refractivity (Wildman–Crippen MR) is 42.2 cm³/mol. The molecule has 1 rings (SSSR count). The van der Waals surface area contributed by atoms with Crippen LogP contribution < -0.4 is 0 Å². The molecule has 0 N–H and O–H groups in total. The van der Waals surface area contributed by atoms with Gasteiger partial charge in [0.2, 0.25) is 0 Å². The maximum atomic E-state index is 11.3. The molecule has 0 aliphatic heterocycles. The lowest BCUT2D eigenvalue weighted by Crippen LogP contribution is -2.35. The fraction of sp³-hybridized carbons (Fsp3) is 0.778. The Labute approximate surface area is 67.0 Å². The average molecular weight is 154 g/mol. The molecule has 1 aliphatic rings. The summed E-state index contributed by atoms with van der Waals surface area (Å²) >= 11 is 0. The van der Waals surface area contributed by atoms with Crippen molar-refractivity contribution in [3.05, 3.63) is 0 Å². The SMILES string of the molecule is CC1(C)C(=O)CC(=O)C1(C)C. The quantitative estimate of drug-likeness (QED) is 0.496. The minimum absolute atomic E-state index is 0.0764. The third kappa shape index (κ3) is 0.849. The van der Waals surface area contributed by atoms with Gasteiger partial charge < -0.3 is 0 Å². The summed E-state index contributed by atoms with van der Waals surface area (Å²) in [5.41, 5.74) is -0.936. The van der Waals surface area contributed by atoms with Crippen LogP contribution in [0.3, 0.4) is 0 Å². The second-order valence-electron chi connectivity index (χ2n) is 4.27. The number of hydrogen-bond acceptors (Lipinski definition) is 2. The Kier molecular flexibility index (Phi) is 1.48. The number of ketones is 2. The molecule has 0 spiro atoms. The Morgan fingerprint density at radius 2 is 1.18 bits per heavy atom. The van der Waals surface area contributed by atoms with Crippen molar-refractivity contribution in [1.82, 2.24) is 0 Å². The lowest BCUT2D eigenvalue weighted by atomic mass is 9.70. The molecule has 0 saturated heterocycles. The van der Waals surface area contributed by atoms with Crippen LogP contribution >= 0.6 is 0 Å². The summed E-state index contributed by atoms with van der Waals surface area (Å²) in [7, 11) is 0. The molecule has 62 valence electrons. The van der Waals surface area contributed by atoms with Crippen LogP contribution in [0.4, 0.5) is 0 Å². The van der Waals surface area contributed by atoms with Gasteiger partial charge in [-0.15, -0.1) is 0 Å². The Bertz CT molecular complexity index is 200. The van der Waals surface area contributed by atoms with E-state index in [0.29, 0.717) is 0 Å². The molecule has 0 aromatic heterocycles. The summed E-state index contributed by atoms with van der Waals surface area (Å²) in [5, 5.41) is 0. The van der Waals surface area contributed by atoms with E-state index in [2.05, 4.69) is 0 Å². The zero-order chi connectivity index (χ0) is 8.86. The monoisotopic (exact) mass is 154 g/mol. The third-order valence-electron chi connectivity index (χ3n) is 3.28. The van der Waals surface area contributed by atoms with Gasteiger partial charge in [0.25, 0.3) is 0 Å². The lowest BCUT2D eigenvalue weighted by molar-refractivity contribution is -0.129. The molecule has 2 heteroatoms. The van der Waals surface area contributed by atoms with E-state index in [4.69, 9.17) is 0 Å². The first kappa shape index (κ1) is 8.44. The second-order valence-corrected chi connectivity index (χ2v) is 4.27. The molecule has 11 heavy (non-hydrogen) atoms. The van der Waals surface area contributed by atoms with Crippen LogP contribution in [0, 0.1) is 10.8 Å². The fourth-order valence-corrected chi connectivity index (χ4v) is 1.28. The van der Waals surface area contributed by atoms with Crippen LogP contribution in [0.5, 0.6) is 0 Å². The van der Waals surface area contributed by atoms with Gasteiger partial charge in [-0.1, -0.05) is 27.7 Å². The summed E-state index contributed by atoms with van der Waals surface area (Å²) in [6, 6.07) is 0. The minimum atomic E-state index is -0.468. The van der Waals surface area contributed by atoms with Crippen molar-refractivity contribution in [2.24, 2.45) is 10.8 Å². The smallest absolute Gasteiger partial charge is 0.146 e. The summed E-state index contributed by atoms with van der Waals surface area (Å²) in [5.74, 6) is 0.153. The van der Waals surface area contributed by atoms with Crippen LogP contribution in [-0.2, 0) is 9.59 Å². The van der Waals surface area contributed by atoms with Gasteiger partial charge in [0.05, 0.1) is 6.42 Å². The molecular formula is C9H14O2. The van der Waals surface area contributed by atoms with E-state index in [-0.39, 0.29) is 18.0 Å². The molecule has 0 amide bonds. The molecule has 1 fully saturated rings. The van der Waals surface area contributed by atoms with Crippen LogP contribution in [-0.4, -0.2) is 11.6 Å². The molecule has 0 radical (unpaired) electrons. The maximum absolute atomic E-state index is 11.3. The lowest BCUT2D eigenvalue weighted by Gasteiger charge is -2.30. The van der Waals surface area contributed by atoms with Crippen molar-refractivity contribution in [2.75, 3.05) is 0 Å². The fourth-order valence-electron chi connectivity index (χ4n) is 1.28. The largest absolute Gasteiger partial charge is 0.299 e. The average Bonchev–Trinajstić information content (AvgIpc) is 1.95. The van der Waals surface area contributed by atoms with Crippen LogP contribution in [0.15, 0.2) is 0 Å². The first-order chi connectivity index (χ1) is 4.80. The maximum Gasteiger partial charge on any atom is 0.146 e. The van der Waals surface area contributed by atoms with E-state index in [1.165, 1.54) is 0 Å². The van der Waals surface area contributed by atoms with Gasteiger partial charge in [-0.2, -0.15) is 0 Å². The zero-order valence-electron chi connectivity index (χ0n) is 7.52. The van der Waals surface area contributed by atoms with Crippen molar-refractivity contribution < 1.29 is 9.59 Å². The predicted octanol–water partition coefficient (Wildman–Crippen LogP) is 1.58. The molecule has 0 heterocycles. The summed E-state index contributed by atoms with van der Waals surface area (Å²) in [6.45, 7) is 7.39. The molecule has 1 aliphatic carbocycles. The highest BCUT2D eigenvalue weighted by atomic mass is 16.2. The Balaban J connectivity index is 3.15. The molecule has 1 saturated carbocycles. The molecule has 0 atom stereocenters. The number of carbonyl (C=O) groups is 2. The highest BCUT2D eigenvalue weighted by Crippen LogP contribution is 2.46.